The van der Waals surface area contributed by atoms with E-state index < -0.39 is 15.9 Å². The van der Waals surface area contributed by atoms with Gasteiger partial charge in [0, 0.05) is 31.7 Å². The fourth-order valence-corrected chi connectivity index (χ4v) is 5.93. The summed E-state index contributed by atoms with van der Waals surface area (Å²) >= 11 is 0. The summed E-state index contributed by atoms with van der Waals surface area (Å²) in [7, 11) is -3.54. The SMILES string of the molecule is CC1CCN(S(=O)(=O)c2ccc(N3C[C@@H](C(=O)N[C@@H](C)c4ccccc4)CC3=O)cc2)CC1. The van der Waals surface area contributed by atoms with Crippen LogP contribution in [0.25, 0.3) is 0 Å². The molecule has 2 aliphatic rings. The first kappa shape index (κ1) is 23.4. The van der Waals surface area contributed by atoms with Gasteiger partial charge in [0.1, 0.15) is 0 Å². The molecule has 4 rings (SSSR count). The number of carbonyl (C=O) groups excluding carboxylic acids is 2. The molecule has 2 aliphatic heterocycles. The van der Waals surface area contributed by atoms with Crippen LogP contribution in [-0.2, 0) is 19.6 Å². The molecule has 2 amide bonds. The van der Waals surface area contributed by atoms with Crippen LogP contribution < -0.4 is 10.2 Å². The van der Waals surface area contributed by atoms with Crippen LogP contribution in [0.3, 0.4) is 0 Å². The minimum Gasteiger partial charge on any atom is -0.349 e. The lowest BCUT2D eigenvalue weighted by Crippen LogP contribution is -2.37. The van der Waals surface area contributed by atoms with Crippen LogP contribution in [-0.4, -0.2) is 44.2 Å². The van der Waals surface area contributed by atoms with Crippen molar-refractivity contribution in [3.63, 3.8) is 0 Å². The van der Waals surface area contributed by atoms with Crippen molar-refractivity contribution in [1.82, 2.24) is 9.62 Å². The van der Waals surface area contributed by atoms with E-state index in [0.717, 1.165) is 18.4 Å². The number of nitrogens with one attached hydrogen (secondary N) is 1. The lowest BCUT2D eigenvalue weighted by Gasteiger charge is -2.29. The Kier molecular flexibility index (Phi) is 6.86. The van der Waals surface area contributed by atoms with Gasteiger partial charge in [-0.3, -0.25) is 9.59 Å². The number of hydrogen-bond donors (Lipinski definition) is 1. The van der Waals surface area contributed by atoms with Crippen molar-refractivity contribution in [3.8, 4) is 0 Å². The van der Waals surface area contributed by atoms with Crippen LogP contribution in [0.15, 0.2) is 59.5 Å². The molecule has 0 saturated carbocycles. The quantitative estimate of drug-likeness (QED) is 0.703. The van der Waals surface area contributed by atoms with Gasteiger partial charge < -0.3 is 10.2 Å². The molecule has 33 heavy (non-hydrogen) atoms. The van der Waals surface area contributed by atoms with Gasteiger partial charge in [0.25, 0.3) is 0 Å². The Balaban J connectivity index is 1.40. The third kappa shape index (κ3) is 5.12. The summed E-state index contributed by atoms with van der Waals surface area (Å²) in [5.41, 5.74) is 1.62. The minimum atomic E-state index is -3.54. The molecule has 2 atom stereocenters. The molecule has 2 saturated heterocycles. The molecule has 0 spiro atoms. The second-order valence-electron chi connectivity index (χ2n) is 9.13. The third-order valence-corrected chi connectivity index (χ3v) is 8.60. The van der Waals surface area contributed by atoms with Crippen LogP contribution in [0.1, 0.15) is 44.7 Å². The monoisotopic (exact) mass is 469 g/mol. The number of hydrogen-bond acceptors (Lipinski definition) is 4. The molecule has 0 unspecified atom stereocenters. The predicted molar refractivity (Wildman–Crippen MR) is 127 cm³/mol. The summed E-state index contributed by atoms with van der Waals surface area (Å²) in [6.07, 6.45) is 1.87. The zero-order valence-electron chi connectivity index (χ0n) is 19.1. The molecule has 0 aliphatic carbocycles. The predicted octanol–water partition coefficient (Wildman–Crippen LogP) is 3.34. The maximum Gasteiger partial charge on any atom is 0.243 e. The number of carbonyl (C=O) groups is 2. The highest BCUT2D eigenvalue weighted by Crippen LogP contribution is 2.29. The summed E-state index contributed by atoms with van der Waals surface area (Å²) < 4.78 is 27.4. The van der Waals surface area contributed by atoms with Crippen molar-refractivity contribution in [3.05, 3.63) is 60.2 Å². The number of anilines is 1. The third-order valence-electron chi connectivity index (χ3n) is 6.68. The average molecular weight is 470 g/mol. The van der Waals surface area contributed by atoms with Crippen LogP contribution in [0.2, 0.25) is 0 Å². The van der Waals surface area contributed by atoms with Gasteiger partial charge in [-0.05, 0) is 55.5 Å². The van der Waals surface area contributed by atoms with E-state index in [9.17, 15) is 18.0 Å². The maximum atomic E-state index is 12.9. The fraction of sp³-hybridized carbons (Fsp3) is 0.440. The lowest BCUT2D eigenvalue weighted by atomic mass is 10.0. The van der Waals surface area contributed by atoms with E-state index in [0.29, 0.717) is 24.7 Å². The summed E-state index contributed by atoms with van der Waals surface area (Å²) in [6, 6.07) is 16.0. The molecular formula is C25H31N3O4S. The second-order valence-corrected chi connectivity index (χ2v) is 11.1. The number of sulfonamides is 1. The Hall–Kier alpha value is -2.71. The summed E-state index contributed by atoms with van der Waals surface area (Å²) in [4.78, 5) is 27.2. The van der Waals surface area contributed by atoms with E-state index in [4.69, 9.17) is 0 Å². The van der Waals surface area contributed by atoms with Crippen molar-refractivity contribution in [2.45, 2.75) is 44.0 Å². The van der Waals surface area contributed by atoms with Gasteiger partial charge >= 0.3 is 0 Å². The molecule has 8 heteroatoms. The number of nitrogens with zero attached hydrogens (tertiary/aromatic N) is 2. The topological polar surface area (TPSA) is 86.8 Å². The Labute approximate surface area is 195 Å². The number of piperidine rings is 1. The minimum absolute atomic E-state index is 0.136. The van der Waals surface area contributed by atoms with Crippen molar-refractivity contribution >= 4 is 27.5 Å². The zero-order chi connectivity index (χ0) is 23.6. The average Bonchev–Trinajstić information content (AvgIpc) is 3.22. The molecule has 2 fully saturated rings. The molecule has 176 valence electrons. The number of rotatable bonds is 6. The lowest BCUT2D eigenvalue weighted by molar-refractivity contribution is -0.126. The number of amides is 2. The van der Waals surface area contributed by atoms with Gasteiger partial charge in [0.15, 0.2) is 0 Å². The largest absolute Gasteiger partial charge is 0.349 e. The Morgan fingerprint density at radius 3 is 2.30 bits per heavy atom. The standard InChI is InChI=1S/C25H31N3O4S/c1-18-12-14-27(15-13-18)33(31,32)23-10-8-22(9-11-23)28-17-21(16-24(28)29)25(30)26-19(2)20-6-4-3-5-7-20/h3-11,18-19,21H,12-17H2,1-2H3,(H,26,30)/t19-,21-/m0/s1. The van der Waals surface area contributed by atoms with Gasteiger partial charge in [0.05, 0.1) is 16.9 Å². The second kappa shape index (κ2) is 9.65. The van der Waals surface area contributed by atoms with Crippen LogP contribution in [0.5, 0.6) is 0 Å². The van der Waals surface area contributed by atoms with Gasteiger partial charge in [-0.1, -0.05) is 37.3 Å². The molecule has 0 radical (unpaired) electrons. The highest BCUT2D eigenvalue weighted by Gasteiger charge is 2.36. The van der Waals surface area contributed by atoms with Crippen molar-refractivity contribution < 1.29 is 18.0 Å². The summed E-state index contributed by atoms with van der Waals surface area (Å²) in [6.45, 7) is 5.41. The van der Waals surface area contributed by atoms with Gasteiger partial charge in [-0.25, -0.2) is 8.42 Å². The molecule has 2 aromatic rings. The van der Waals surface area contributed by atoms with E-state index in [1.165, 1.54) is 4.31 Å². The first-order valence-corrected chi connectivity index (χ1v) is 13.0. The first-order valence-electron chi connectivity index (χ1n) is 11.5. The molecule has 0 aromatic heterocycles. The van der Waals surface area contributed by atoms with Crippen molar-refractivity contribution in [1.29, 1.82) is 0 Å². The highest BCUT2D eigenvalue weighted by atomic mass is 32.2. The van der Waals surface area contributed by atoms with Crippen molar-refractivity contribution in [2.24, 2.45) is 11.8 Å². The molecule has 2 heterocycles. The normalized spacial score (nSPS) is 21.2. The van der Waals surface area contributed by atoms with Crippen LogP contribution in [0, 0.1) is 11.8 Å². The Morgan fingerprint density at radius 2 is 1.67 bits per heavy atom. The van der Waals surface area contributed by atoms with E-state index in [2.05, 4.69) is 12.2 Å². The van der Waals surface area contributed by atoms with E-state index in [1.807, 2.05) is 37.3 Å². The Morgan fingerprint density at radius 1 is 1.03 bits per heavy atom. The number of benzene rings is 2. The van der Waals surface area contributed by atoms with Crippen LogP contribution >= 0.6 is 0 Å². The van der Waals surface area contributed by atoms with E-state index in [-0.39, 0.29) is 35.7 Å². The summed E-state index contributed by atoms with van der Waals surface area (Å²) in [5.74, 6) is -0.188. The van der Waals surface area contributed by atoms with Crippen LogP contribution in [0.4, 0.5) is 5.69 Å². The van der Waals surface area contributed by atoms with Gasteiger partial charge in [0.2, 0.25) is 21.8 Å². The molecule has 7 nitrogen and oxygen atoms in total. The molecule has 1 N–H and O–H groups in total. The summed E-state index contributed by atoms with van der Waals surface area (Å²) in [5, 5.41) is 3.00. The van der Waals surface area contributed by atoms with Gasteiger partial charge in [-0.15, -0.1) is 0 Å². The zero-order valence-corrected chi connectivity index (χ0v) is 19.9. The van der Waals surface area contributed by atoms with E-state index >= 15 is 0 Å². The maximum absolute atomic E-state index is 12.9. The molecular weight excluding hydrogens is 438 g/mol. The fourth-order valence-electron chi connectivity index (χ4n) is 4.46. The first-order chi connectivity index (χ1) is 15.8. The van der Waals surface area contributed by atoms with E-state index in [1.54, 1.807) is 29.2 Å². The van der Waals surface area contributed by atoms with Crippen molar-refractivity contribution in [2.75, 3.05) is 24.5 Å². The molecule has 0 bridgehead atoms. The smallest absolute Gasteiger partial charge is 0.243 e. The highest BCUT2D eigenvalue weighted by molar-refractivity contribution is 7.89. The Bertz CT molecular complexity index is 1090. The molecule has 2 aromatic carbocycles. The van der Waals surface area contributed by atoms with Gasteiger partial charge in [-0.2, -0.15) is 4.31 Å².